The molecule has 3 N–H and O–H groups in total. The maximum atomic E-state index is 3.36. The first-order valence-corrected chi connectivity index (χ1v) is 5.67. The maximum absolute atomic E-state index is 3.36. The van der Waals surface area contributed by atoms with Gasteiger partial charge in [-0.25, -0.2) is 5.43 Å². The molecule has 3 nitrogen and oxygen atoms in total. The van der Waals surface area contributed by atoms with Crippen molar-refractivity contribution in [2.24, 2.45) is 0 Å². The summed E-state index contributed by atoms with van der Waals surface area (Å²) in [6, 6.07) is 11.6. The van der Waals surface area contributed by atoms with Gasteiger partial charge in [-0.2, -0.15) is 0 Å². The molecular formula is C12H19N3. The zero-order valence-electron chi connectivity index (χ0n) is 9.16. The normalized spacial score (nSPS) is 25.7. The van der Waals surface area contributed by atoms with Crippen LogP contribution < -0.4 is 16.2 Å². The van der Waals surface area contributed by atoms with E-state index >= 15 is 0 Å². The molecule has 0 spiro atoms. The van der Waals surface area contributed by atoms with Crippen LogP contribution in [0.15, 0.2) is 30.3 Å². The molecule has 0 aliphatic carbocycles. The van der Waals surface area contributed by atoms with Crippen molar-refractivity contribution in [2.45, 2.75) is 25.4 Å². The van der Waals surface area contributed by atoms with Gasteiger partial charge in [0.05, 0.1) is 0 Å². The van der Waals surface area contributed by atoms with Crippen LogP contribution in [0.5, 0.6) is 0 Å². The van der Waals surface area contributed by atoms with Gasteiger partial charge in [0.2, 0.25) is 0 Å². The predicted molar refractivity (Wildman–Crippen MR) is 62.4 cm³/mol. The van der Waals surface area contributed by atoms with Gasteiger partial charge in [0.15, 0.2) is 0 Å². The summed E-state index contributed by atoms with van der Waals surface area (Å²) < 4.78 is 0. The van der Waals surface area contributed by atoms with E-state index in [4.69, 9.17) is 0 Å². The van der Waals surface area contributed by atoms with E-state index in [1.54, 1.807) is 0 Å². The first-order chi connectivity index (χ1) is 7.40. The number of hydrazine groups is 1. The zero-order valence-corrected chi connectivity index (χ0v) is 9.16. The largest absolute Gasteiger partial charge is 0.315 e. The molecule has 0 saturated carbocycles. The third-order valence-electron chi connectivity index (χ3n) is 2.82. The minimum Gasteiger partial charge on any atom is -0.315 e. The van der Waals surface area contributed by atoms with E-state index in [1.165, 1.54) is 5.56 Å². The predicted octanol–water partition coefficient (Wildman–Crippen LogP) is 1.20. The molecule has 1 saturated heterocycles. The molecule has 1 fully saturated rings. The van der Waals surface area contributed by atoms with Crippen molar-refractivity contribution in [1.82, 2.24) is 16.2 Å². The van der Waals surface area contributed by atoms with Gasteiger partial charge < -0.3 is 5.32 Å². The smallest absolute Gasteiger partial charge is 0.0478 e. The van der Waals surface area contributed by atoms with Crippen LogP contribution in [0, 0.1) is 0 Å². The molecule has 2 unspecified atom stereocenters. The lowest BCUT2D eigenvalue weighted by Gasteiger charge is -2.09. The maximum Gasteiger partial charge on any atom is 0.0478 e. The Morgan fingerprint density at radius 1 is 1.27 bits per heavy atom. The molecule has 1 aliphatic heterocycles. The van der Waals surface area contributed by atoms with Crippen molar-refractivity contribution in [3.63, 3.8) is 0 Å². The van der Waals surface area contributed by atoms with E-state index in [2.05, 4.69) is 53.4 Å². The molecule has 1 aromatic carbocycles. The van der Waals surface area contributed by atoms with Crippen LogP contribution >= 0.6 is 0 Å². The Kier molecular flexibility index (Phi) is 3.72. The Hall–Kier alpha value is -0.900. The highest BCUT2D eigenvalue weighted by atomic mass is 15.4. The highest BCUT2D eigenvalue weighted by Gasteiger charge is 2.23. The van der Waals surface area contributed by atoms with Gasteiger partial charge in [0, 0.05) is 18.6 Å². The van der Waals surface area contributed by atoms with Gasteiger partial charge >= 0.3 is 0 Å². The van der Waals surface area contributed by atoms with Gasteiger partial charge in [-0.1, -0.05) is 37.3 Å². The molecule has 0 bridgehead atoms. The number of nitrogens with one attached hydrogen (secondary N) is 3. The molecule has 3 heteroatoms. The number of likely N-dealkylation sites (N-methyl/N-ethyl adjacent to an activating group) is 1. The molecule has 0 radical (unpaired) electrons. The first kappa shape index (κ1) is 10.6. The molecule has 15 heavy (non-hydrogen) atoms. The highest BCUT2D eigenvalue weighted by Crippen LogP contribution is 2.21. The monoisotopic (exact) mass is 205 g/mol. The van der Waals surface area contributed by atoms with Gasteiger partial charge in [-0.05, 0) is 18.5 Å². The van der Waals surface area contributed by atoms with Crippen LogP contribution in [0.4, 0.5) is 0 Å². The van der Waals surface area contributed by atoms with Crippen molar-refractivity contribution < 1.29 is 0 Å². The fourth-order valence-electron chi connectivity index (χ4n) is 1.98. The highest BCUT2D eigenvalue weighted by molar-refractivity contribution is 5.19. The van der Waals surface area contributed by atoms with Crippen molar-refractivity contribution in [3.8, 4) is 0 Å². The summed E-state index contributed by atoms with van der Waals surface area (Å²) in [5.74, 6) is 0. The Morgan fingerprint density at radius 2 is 2.07 bits per heavy atom. The molecule has 1 aliphatic rings. The van der Waals surface area contributed by atoms with Crippen molar-refractivity contribution in [1.29, 1.82) is 0 Å². The van der Waals surface area contributed by atoms with E-state index in [-0.39, 0.29) is 0 Å². The van der Waals surface area contributed by atoms with E-state index in [0.717, 1.165) is 19.5 Å². The Balaban J connectivity index is 1.87. The van der Waals surface area contributed by atoms with Gasteiger partial charge in [-0.15, -0.1) is 0 Å². The topological polar surface area (TPSA) is 36.1 Å². The summed E-state index contributed by atoms with van der Waals surface area (Å²) in [6.45, 7) is 4.21. The van der Waals surface area contributed by atoms with Crippen molar-refractivity contribution >= 4 is 0 Å². The van der Waals surface area contributed by atoms with Gasteiger partial charge in [-0.3, -0.25) is 5.43 Å². The van der Waals surface area contributed by atoms with E-state index in [1.807, 2.05) is 0 Å². The molecule has 0 aromatic heterocycles. The molecular weight excluding hydrogens is 186 g/mol. The fraction of sp³-hybridized carbons (Fsp3) is 0.500. The molecule has 82 valence electrons. The van der Waals surface area contributed by atoms with Gasteiger partial charge in [0.1, 0.15) is 0 Å². The average molecular weight is 205 g/mol. The van der Waals surface area contributed by atoms with Crippen LogP contribution in [0.1, 0.15) is 24.9 Å². The van der Waals surface area contributed by atoms with E-state index < -0.39 is 0 Å². The first-order valence-electron chi connectivity index (χ1n) is 5.67. The average Bonchev–Trinajstić information content (AvgIpc) is 2.76. The second-order valence-corrected chi connectivity index (χ2v) is 3.99. The van der Waals surface area contributed by atoms with E-state index in [9.17, 15) is 0 Å². The van der Waals surface area contributed by atoms with Crippen LogP contribution in [0.3, 0.4) is 0 Å². The Morgan fingerprint density at radius 3 is 2.80 bits per heavy atom. The van der Waals surface area contributed by atoms with Crippen LogP contribution in [0.2, 0.25) is 0 Å². The standard InChI is InChI=1S/C12H19N3/c1-2-13-9-11-8-12(15-14-11)10-6-4-3-5-7-10/h3-7,11-15H,2,8-9H2,1H3. The number of hydrogen-bond acceptors (Lipinski definition) is 3. The minimum atomic E-state index is 0.454. The van der Waals surface area contributed by atoms with Crippen molar-refractivity contribution in [2.75, 3.05) is 13.1 Å². The summed E-state index contributed by atoms with van der Waals surface area (Å²) in [7, 11) is 0. The lowest BCUT2D eigenvalue weighted by Crippen LogP contribution is -2.37. The van der Waals surface area contributed by atoms with Crippen LogP contribution in [-0.4, -0.2) is 19.1 Å². The minimum absolute atomic E-state index is 0.454. The zero-order chi connectivity index (χ0) is 10.5. The summed E-state index contributed by atoms with van der Waals surface area (Å²) in [4.78, 5) is 0. The second kappa shape index (κ2) is 5.26. The SMILES string of the molecule is CCNCC1CC(c2ccccc2)NN1. The Bertz CT molecular complexity index is 286. The number of hydrogen-bond donors (Lipinski definition) is 3. The fourth-order valence-corrected chi connectivity index (χ4v) is 1.98. The van der Waals surface area contributed by atoms with Gasteiger partial charge in [0.25, 0.3) is 0 Å². The quantitative estimate of drug-likeness (QED) is 0.691. The van der Waals surface area contributed by atoms with Crippen LogP contribution in [-0.2, 0) is 0 Å². The third kappa shape index (κ3) is 2.78. The Labute approximate surface area is 91.2 Å². The molecule has 1 aromatic rings. The van der Waals surface area contributed by atoms with Crippen LogP contribution in [0.25, 0.3) is 0 Å². The summed E-state index contributed by atoms with van der Waals surface area (Å²) >= 11 is 0. The van der Waals surface area contributed by atoms with Crippen molar-refractivity contribution in [3.05, 3.63) is 35.9 Å². The molecule has 0 amide bonds. The molecule has 1 heterocycles. The van der Waals surface area contributed by atoms with E-state index in [0.29, 0.717) is 12.1 Å². The second-order valence-electron chi connectivity index (χ2n) is 3.99. The third-order valence-corrected chi connectivity index (χ3v) is 2.82. The summed E-state index contributed by atoms with van der Waals surface area (Å²) in [5.41, 5.74) is 8.03. The molecule has 2 rings (SSSR count). The molecule has 2 atom stereocenters. The number of rotatable bonds is 4. The lowest BCUT2D eigenvalue weighted by atomic mass is 10.0. The number of benzene rings is 1. The lowest BCUT2D eigenvalue weighted by molar-refractivity contribution is 0.512. The summed E-state index contributed by atoms with van der Waals surface area (Å²) in [5, 5.41) is 3.36. The summed E-state index contributed by atoms with van der Waals surface area (Å²) in [6.07, 6.45) is 1.15.